The molecule has 0 saturated carbocycles. The molecule has 0 aromatic heterocycles. The van der Waals surface area contributed by atoms with Crippen LogP contribution < -0.4 is 4.72 Å². The number of fused-ring (bicyclic) bond motifs is 2. The van der Waals surface area contributed by atoms with Crippen molar-refractivity contribution in [3.8, 4) is 0 Å². The van der Waals surface area contributed by atoms with Crippen molar-refractivity contribution in [2.45, 2.75) is 25.2 Å². The monoisotopic (exact) mass is 419 g/mol. The lowest BCUT2D eigenvalue weighted by molar-refractivity contribution is 0.0976. The average molecular weight is 420 g/mol. The molecule has 0 unspecified atom stereocenters. The van der Waals surface area contributed by atoms with Gasteiger partial charge in [-0.3, -0.25) is 9.59 Å². The molecule has 1 N–H and O–H groups in total. The van der Waals surface area contributed by atoms with Gasteiger partial charge in [-0.05, 0) is 37.5 Å². The lowest BCUT2D eigenvalue weighted by atomic mass is 9.84. The van der Waals surface area contributed by atoms with Crippen LogP contribution in [-0.4, -0.2) is 26.5 Å². The van der Waals surface area contributed by atoms with Gasteiger partial charge in [-0.15, -0.1) is 0 Å². The zero-order chi connectivity index (χ0) is 21.5. The summed E-state index contributed by atoms with van der Waals surface area (Å²) in [5.74, 6) is -0.789. The fraction of sp³-hybridized carbons (Fsp3) is 0.167. The van der Waals surface area contributed by atoms with E-state index in [1.165, 1.54) is 18.2 Å². The van der Waals surface area contributed by atoms with E-state index in [0.717, 1.165) is 16.7 Å². The maximum atomic E-state index is 13.0. The molecule has 5 nitrogen and oxygen atoms in total. The van der Waals surface area contributed by atoms with Crippen LogP contribution in [0.5, 0.6) is 0 Å². The van der Waals surface area contributed by atoms with Crippen molar-refractivity contribution in [1.82, 2.24) is 4.72 Å². The summed E-state index contributed by atoms with van der Waals surface area (Å²) in [5, 5.41) is 0. The van der Waals surface area contributed by atoms with Crippen molar-refractivity contribution < 1.29 is 18.0 Å². The third kappa shape index (κ3) is 3.49. The second-order valence-electron chi connectivity index (χ2n) is 7.46. The number of rotatable bonds is 5. The van der Waals surface area contributed by atoms with Crippen molar-refractivity contribution in [1.29, 1.82) is 0 Å². The molecule has 0 amide bonds. The van der Waals surface area contributed by atoms with Gasteiger partial charge in [0.2, 0.25) is 10.0 Å². The van der Waals surface area contributed by atoms with Gasteiger partial charge in [-0.25, -0.2) is 13.1 Å². The van der Waals surface area contributed by atoms with E-state index in [9.17, 15) is 18.0 Å². The number of carbonyl (C=O) groups excluding carboxylic acids is 2. The van der Waals surface area contributed by atoms with Crippen molar-refractivity contribution in [2.24, 2.45) is 0 Å². The van der Waals surface area contributed by atoms with Crippen LogP contribution in [0.2, 0.25) is 0 Å². The largest absolute Gasteiger partial charge is 0.289 e. The predicted molar refractivity (Wildman–Crippen MR) is 115 cm³/mol. The van der Waals surface area contributed by atoms with E-state index in [4.69, 9.17) is 0 Å². The van der Waals surface area contributed by atoms with Gasteiger partial charge < -0.3 is 0 Å². The second kappa shape index (κ2) is 7.63. The van der Waals surface area contributed by atoms with Crippen LogP contribution in [0.15, 0.2) is 65.6 Å². The first-order chi connectivity index (χ1) is 14.3. The number of carbonyl (C=O) groups is 2. The first kappa shape index (κ1) is 20.2. The molecule has 4 rings (SSSR count). The highest BCUT2D eigenvalue weighted by Crippen LogP contribution is 2.31. The topological polar surface area (TPSA) is 80.3 Å². The van der Waals surface area contributed by atoms with Gasteiger partial charge >= 0.3 is 0 Å². The van der Waals surface area contributed by atoms with Crippen molar-refractivity contribution >= 4 is 21.6 Å². The Morgan fingerprint density at radius 3 is 2.17 bits per heavy atom. The van der Waals surface area contributed by atoms with Gasteiger partial charge in [0.05, 0.1) is 10.5 Å². The number of hydrogen-bond acceptors (Lipinski definition) is 4. The molecule has 0 aliphatic heterocycles. The summed E-state index contributed by atoms with van der Waals surface area (Å²) in [7, 11) is -3.97. The summed E-state index contributed by atoms with van der Waals surface area (Å²) in [4.78, 5) is 25.7. The highest BCUT2D eigenvalue weighted by molar-refractivity contribution is 7.89. The van der Waals surface area contributed by atoms with E-state index in [1.54, 1.807) is 24.3 Å². The number of aryl methyl sites for hydroxylation is 2. The average Bonchev–Trinajstić information content (AvgIpc) is 2.73. The molecule has 0 heterocycles. The molecular weight excluding hydrogens is 398 g/mol. The van der Waals surface area contributed by atoms with Gasteiger partial charge in [0, 0.05) is 23.2 Å². The Morgan fingerprint density at radius 1 is 0.800 bits per heavy atom. The smallest absolute Gasteiger partial charge is 0.241 e. The number of nitrogens with one attached hydrogen (secondary N) is 1. The molecule has 152 valence electrons. The van der Waals surface area contributed by atoms with Crippen molar-refractivity contribution in [3.05, 3.63) is 99.6 Å². The number of benzene rings is 3. The standard InChI is InChI=1S/C24H21NO4S/c1-15-10-11-17(16(2)14-15)12-13-25-30(28,29)21-9-5-8-20-22(21)24(27)19-7-4-3-6-18(19)23(20)26/h3-11,14,25H,12-13H2,1-2H3. The van der Waals surface area contributed by atoms with Gasteiger partial charge in [0.1, 0.15) is 0 Å². The van der Waals surface area contributed by atoms with E-state index in [-0.39, 0.29) is 33.9 Å². The van der Waals surface area contributed by atoms with Crippen molar-refractivity contribution in [3.63, 3.8) is 0 Å². The van der Waals surface area contributed by atoms with E-state index < -0.39 is 15.8 Å². The van der Waals surface area contributed by atoms with Gasteiger partial charge in [-0.2, -0.15) is 0 Å². The third-order valence-corrected chi connectivity index (χ3v) is 6.89. The lowest BCUT2D eigenvalue weighted by Gasteiger charge is -2.20. The number of hydrogen-bond donors (Lipinski definition) is 1. The molecule has 3 aromatic rings. The minimum Gasteiger partial charge on any atom is -0.289 e. The molecule has 0 radical (unpaired) electrons. The molecule has 3 aromatic carbocycles. The second-order valence-corrected chi connectivity index (χ2v) is 9.20. The maximum absolute atomic E-state index is 13.0. The molecular formula is C24H21NO4S. The minimum atomic E-state index is -3.97. The number of sulfonamides is 1. The molecule has 1 aliphatic rings. The molecule has 0 spiro atoms. The Hall–Kier alpha value is -3.09. The summed E-state index contributed by atoms with van der Waals surface area (Å²) in [5.41, 5.74) is 3.90. The zero-order valence-corrected chi connectivity index (χ0v) is 17.5. The fourth-order valence-corrected chi connectivity index (χ4v) is 5.12. The van der Waals surface area contributed by atoms with Crippen LogP contribution in [0.25, 0.3) is 0 Å². The van der Waals surface area contributed by atoms with E-state index in [2.05, 4.69) is 10.8 Å². The summed E-state index contributed by atoms with van der Waals surface area (Å²) in [6.45, 7) is 4.19. The molecule has 0 bridgehead atoms. The first-order valence-electron chi connectivity index (χ1n) is 9.67. The van der Waals surface area contributed by atoms with Gasteiger partial charge in [0.25, 0.3) is 0 Å². The zero-order valence-electron chi connectivity index (χ0n) is 16.7. The Labute approximate surface area is 175 Å². The van der Waals surface area contributed by atoms with Crippen LogP contribution in [0.3, 0.4) is 0 Å². The van der Waals surface area contributed by atoms with Crippen LogP contribution in [0.1, 0.15) is 48.5 Å². The van der Waals surface area contributed by atoms with Crippen LogP contribution in [-0.2, 0) is 16.4 Å². The quantitative estimate of drug-likeness (QED) is 0.536. The summed E-state index contributed by atoms with van der Waals surface area (Å²) >= 11 is 0. The minimum absolute atomic E-state index is 0.0554. The van der Waals surface area contributed by atoms with Gasteiger partial charge in [0.15, 0.2) is 11.6 Å². The molecule has 0 atom stereocenters. The van der Waals surface area contributed by atoms with E-state index >= 15 is 0 Å². The van der Waals surface area contributed by atoms with Gasteiger partial charge in [-0.1, -0.05) is 60.2 Å². The molecule has 30 heavy (non-hydrogen) atoms. The predicted octanol–water partition coefficient (Wildman–Crippen LogP) is 3.60. The Balaban J connectivity index is 1.64. The highest BCUT2D eigenvalue weighted by Gasteiger charge is 2.34. The van der Waals surface area contributed by atoms with E-state index in [0.29, 0.717) is 12.0 Å². The van der Waals surface area contributed by atoms with Crippen LogP contribution in [0.4, 0.5) is 0 Å². The van der Waals surface area contributed by atoms with E-state index in [1.807, 2.05) is 26.0 Å². The maximum Gasteiger partial charge on any atom is 0.241 e. The van der Waals surface area contributed by atoms with Crippen LogP contribution in [0, 0.1) is 13.8 Å². The summed E-state index contributed by atoms with van der Waals surface area (Å²) in [6, 6.07) is 16.9. The molecule has 1 aliphatic carbocycles. The van der Waals surface area contributed by atoms with Crippen LogP contribution >= 0.6 is 0 Å². The lowest BCUT2D eigenvalue weighted by Crippen LogP contribution is -2.30. The molecule has 0 fully saturated rings. The Kier molecular flexibility index (Phi) is 5.13. The fourth-order valence-electron chi connectivity index (χ4n) is 3.86. The third-order valence-electron chi connectivity index (χ3n) is 5.39. The summed E-state index contributed by atoms with van der Waals surface area (Å²) < 4.78 is 28.6. The summed E-state index contributed by atoms with van der Waals surface area (Å²) in [6.07, 6.45) is 0.524. The number of ketones is 2. The van der Waals surface area contributed by atoms with Crippen molar-refractivity contribution in [2.75, 3.05) is 6.54 Å². The SMILES string of the molecule is Cc1ccc(CCNS(=O)(=O)c2cccc3c2C(=O)c2ccccc2C3=O)c(C)c1. The first-order valence-corrected chi connectivity index (χ1v) is 11.1. The normalized spacial score (nSPS) is 13.1. The molecule has 6 heteroatoms. The Morgan fingerprint density at radius 2 is 1.47 bits per heavy atom. The Bertz CT molecular complexity index is 1290. The highest BCUT2D eigenvalue weighted by atomic mass is 32.2. The molecule has 0 saturated heterocycles.